The van der Waals surface area contributed by atoms with Gasteiger partial charge in [0.1, 0.15) is 11.3 Å². The molecular weight excluding hydrogens is 294 g/mol. The molecule has 2 rings (SSSR count). The normalized spacial score (nSPS) is 11.5. The summed E-state index contributed by atoms with van der Waals surface area (Å²) < 4.78 is 27.8. The molecule has 1 heterocycles. The lowest BCUT2D eigenvalue weighted by Gasteiger charge is -2.07. The molecule has 1 aromatic carbocycles. The Balaban J connectivity index is 2.28. The average Bonchev–Trinajstić information content (AvgIpc) is 2.37. The predicted octanol–water partition coefficient (Wildman–Crippen LogP) is 1.47. The third kappa shape index (κ3) is 3.69. The second-order valence-corrected chi connectivity index (χ2v) is 7.04. The smallest absolute Gasteiger partial charge is 0.336 e. The van der Waals surface area contributed by atoms with E-state index in [-0.39, 0.29) is 5.75 Å². The first-order valence-corrected chi connectivity index (χ1v) is 8.17. The van der Waals surface area contributed by atoms with Crippen molar-refractivity contribution in [3.05, 3.63) is 40.2 Å². The van der Waals surface area contributed by atoms with E-state index in [1.165, 1.54) is 19.1 Å². The Kier molecular flexibility index (Phi) is 4.13. The molecule has 0 spiro atoms. The van der Waals surface area contributed by atoms with Crippen LogP contribution in [0.4, 0.5) is 5.69 Å². The van der Waals surface area contributed by atoms with Crippen LogP contribution < -0.4 is 10.9 Å². The predicted molar refractivity (Wildman–Crippen MR) is 80.2 cm³/mol. The molecule has 0 atom stereocenters. The maximum atomic E-state index is 11.7. The number of amides is 1. The van der Waals surface area contributed by atoms with Crippen molar-refractivity contribution in [2.75, 3.05) is 16.8 Å². The van der Waals surface area contributed by atoms with E-state index in [0.717, 1.165) is 10.9 Å². The number of benzene rings is 1. The summed E-state index contributed by atoms with van der Waals surface area (Å²) >= 11 is 0. The van der Waals surface area contributed by atoms with Crippen molar-refractivity contribution < 1.29 is 17.6 Å². The monoisotopic (exact) mass is 309 g/mol. The van der Waals surface area contributed by atoms with Crippen molar-refractivity contribution in [3.63, 3.8) is 0 Å². The van der Waals surface area contributed by atoms with Gasteiger partial charge in [0, 0.05) is 29.0 Å². The third-order valence-electron chi connectivity index (χ3n) is 3.03. The van der Waals surface area contributed by atoms with Gasteiger partial charge in [0.25, 0.3) is 0 Å². The molecule has 0 radical (unpaired) electrons. The van der Waals surface area contributed by atoms with Crippen LogP contribution in [0.15, 0.2) is 33.5 Å². The van der Waals surface area contributed by atoms with E-state index < -0.39 is 27.1 Å². The molecule has 0 aliphatic carbocycles. The Morgan fingerprint density at radius 1 is 1.29 bits per heavy atom. The quantitative estimate of drug-likeness (QED) is 0.863. The fourth-order valence-electron chi connectivity index (χ4n) is 1.90. The molecule has 1 aromatic heterocycles. The summed E-state index contributed by atoms with van der Waals surface area (Å²) in [5.41, 5.74) is 1.02. The zero-order chi connectivity index (χ0) is 15.6. The number of carbonyl (C=O) groups excluding carboxylic acids is 1. The van der Waals surface area contributed by atoms with Gasteiger partial charge in [-0.15, -0.1) is 0 Å². The van der Waals surface area contributed by atoms with Gasteiger partial charge in [-0.3, -0.25) is 4.79 Å². The van der Waals surface area contributed by atoms with Crippen LogP contribution in [0.1, 0.15) is 12.5 Å². The number of hydrogen-bond acceptors (Lipinski definition) is 5. The molecule has 2 aromatic rings. The van der Waals surface area contributed by atoms with Crippen molar-refractivity contribution in [1.82, 2.24) is 0 Å². The first-order chi connectivity index (χ1) is 9.80. The van der Waals surface area contributed by atoms with E-state index in [1.807, 2.05) is 0 Å². The highest BCUT2D eigenvalue weighted by molar-refractivity contribution is 7.92. The van der Waals surface area contributed by atoms with E-state index in [2.05, 4.69) is 5.32 Å². The highest BCUT2D eigenvalue weighted by Gasteiger charge is 2.14. The van der Waals surface area contributed by atoms with Crippen LogP contribution >= 0.6 is 0 Å². The molecule has 0 fully saturated rings. The van der Waals surface area contributed by atoms with Crippen molar-refractivity contribution in [3.8, 4) is 0 Å². The average molecular weight is 309 g/mol. The summed E-state index contributed by atoms with van der Waals surface area (Å²) in [5, 5.41) is 3.24. The molecule has 1 N–H and O–H groups in total. The molecule has 7 heteroatoms. The molecule has 21 heavy (non-hydrogen) atoms. The van der Waals surface area contributed by atoms with E-state index in [1.54, 1.807) is 19.1 Å². The second-order valence-electron chi connectivity index (χ2n) is 4.68. The Morgan fingerprint density at radius 3 is 2.67 bits per heavy atom. The summed E-state index contributed by atoms with van der Waals surface area (Å²) in [6, 6.07) is 6.22. The molecule has 0 aliphatic heterocycles. The molecule has 0 bridgehead atoms. The zero-order valence-electron chi connectivity index (χ0n) is 11.7. The van der Waals surface area contributed by atoms with E-state index in [9.17, 15) is 18.0 Å². The summed E-state index contributed by atoms with van der Waals surface area (Å²) in [6.45, 7) is 3.27. The Hall–Kier alpha value is -2.15. The van der Waals surface area contributed by atoms with Gasteiger partial charge in [-0.1, -0.05) is 6.92 Å². The van der Waals surface area contributed by atoms with Crippen molar-refractivity contribution in [1.29, 1.82) is 0 Å². The van der Waals surface area contributed by atoms with Gasteiger partial charge in [-0.25, -0.2) is 13.2 Å². The minimum absolute atomic E-state index is 0.0911. The first-order valence-electron chi connectivity index (χ1n) is 6.35. The van der Waals surface area contributed by atoms with Crippen LogP contribution in [0.5, 0.6) is 0 Å². The molecule has 1 amide bonds. The highest BCUT2D eigenvalue weighted by Crippen LogP contribution is 2.20. The van der Waals surface area contributed by atoms with Crippen LogP contribution in [0.2, 0.25) is 0 Å². The minimum Gasteiger partial charge on any atom is -0.423 e. The number of carbonyl (C=O) groups is 1. The van der Waals surface area contributed by atoms with Gasteiger partial charge >= 0.3 is 5.63 Å². The van der Waals surface area contributed by atoms with Crippen LogP contribution in [-0.2, 0) is 14.6 Å². The number of fused-ring (bicyclic) bond motifs is 1. The zero-order valence-corrected chi connectivity index (χ0v) is 12.5. The van der Waals surface area contributed by atoms with Crippen LogP contribution in [0, 0.1) is 6.92 Å². The van der Waals surface area contributed by atoms with Gasteiger partial charge in [0.05, 0.1) is 0 Å². The van der Waals surface area contributed by atoms with Gasteiger partial charge in [0.15, 0.2) is 9.84 Å². The van der Waals surface area contributed by atoms with Crippen molar-refractivity contribution >= 4 is 32.4 Å². The largest absolute Gasteiger partial charge is 0.423 e. The first kappa shape index (κ1) is 15.2. The molecule has 112 valence electrons. The Morgan fingerprint density at radius 2 is 2.00 bits per heavy atom. The fraction of sp³-hybridized carbons (Fsp3) is 0.286. The maximum Gasteiger partial charge on any atom is 0.336 e. The molecule has 0 aliphatic rings. The van der Waals surface area contributed by atoms with Crippen molar-refractivity contribution in [2.24, 2.45) is 0 Å². The van der Waals surface area contributed by atoms with E-state index >= 15 is 0 Å². The number of anilines is 1. The lowest BCUT2D eigenvalue weighted by atomic mass is 10.1. The lowest BCUT2D eigenvalue weighted by Crippen LogP contribution is -2.23. The second kappa shape index (κ2) is 5.69. The molecule has 0 saturated carbocycles. The van der Waals surface area contributed by atoms with Crippen molar-refractivity contribution in [2.45, 2.75) is 13.8 Å². The number of nitrogens with one attached hydrogen (secondary N) is 1. The van der Waals surface area contributed by atoms with Gasteiger partial charge in [-0.05, 0) is 24.6 Å². The number of rotatable bonds is 4. The van der Waals surface area contributed by atoms with Crippen LogP contribution in [0.25, 0.3) is 11.0 Å². The maximum absolute atomic E-state index is 11.7. The van der Waals surface area contributed by atoms with Gasteiger partial charge in [-0.2, -0.15) is 0 Å². The molecule has 6 nitrogen and oxygen atoms in total. The fourth-order valence-corrected chi connectivity index (χ4v) is 2.58. The summed E-state index contributed by atoms with van der Waals surface area (Å²) in [4.78, 5) is 23.0. The Bertz CT molecular complexity index is 851. The van der Waals surface area contributed by atoms with Gasteiger partial charge < -0.3 is 9.73 Å². The lowest BCUT2D eigenvalue weighted by molar-refractivity contribution is -0.113. The van der Waals surface area contributed by atoms with Crippen LogP contribution in [-0.4, -0.2) is 25.8 Å². The highest BCUT2D eigenvalue weighted by atomic mass is 32.2. The van der Waals surface area contributed by atoms with Crippen LogP contribution in [0.3, 0.4) is 0 Å². The number of aryl methyl sites for hydroxylation is 1. The SMILES string of the molecule is CCS(=O)(=O)CC(=O)Nc1ccc2c(C)cc(=O)oc2c1. The van der Waals surface area contributed by atoms with E-state index in [4.69, 9.17) is 4.42 Å². The summed E-state index contributed by atoms with van der Waals surface area (Å²) in [7, 11) is -3.38. The minimum atomic E-state index is -3.38. The topological polar surface area (TPSA) is 93.5 Å². The third-order valence-corrected chi connectivity index (χ3v) is 4.61. The Labute approximate surface area is 121 Å². The summed E-state index contributed by atoms with van der Waals surface area (Å²) in [6.07, 6.45) is 0. The van der Waals surface area contributed by atoms with E-state index in [0.29, 0.717) is 11.3 Å². The van der Waals surface area contributed by atoms with Gasteiger partial charge in [0.2, 0.25) is 5.91 Å². The summed E-state index contributed by atoms with van der Waals surface area (Å²) in [5.74, 6) is -1.28. The number of sulfone groups is 1. The number of hydrogen-bond donors (Lipinski definition) is 1. The standard InChI is InChI=1S/C14H15NO5S/c1-3-21(18,19)8-13(16)15-10-4-5-11-9(2)6-14(17)20-12(11)7-10/h4-7H,3,8H2,1-2H3,(H,15,16). The molecule has 0 unspecified atom stereocenters. The molecule has 0 saturated heterocycles. The molecular formula is C14H15NO5S.